The summed E-state index contributed by atoms with van der Waals surface area (Å²) in [6.45, 7) is 11.1. The van der Waals surface area contributed by atoms with Crippen LogP contribution < -0.4 is 11.0 Å². The Kier molecular flexibility index (Phi) is 10.9. The number of esters is 1. The number of piperidine rings is 1. The van der Waals surface area contributed by atoms with Crippen molar-refractivity contribution >= 4 is 40.8 Å². The van der Waals surface area contributed by atoms with Crippen LogP contribution >= 0.6 is 0 Å². The SMILES string of the molecule is Cn1c(=O)n(C2CCC(=O)NC2=O)c2ccc(CCCCCCC(=O)N3CCN(C(=O)OC(C)(C)C)C(C(=O)OC(C)(C)C)C3)cc21. The first-order valence-corrected chi connectivity index (χ1v) is 16.5. The number of fused-ring (bicyclic) bond motifs is 1. The summed E-state index contributed by atoms with van der Waals surface area (Å²) in [7, 11) is 1.68. The molecule has 2 unspecified atom stereocenters. The molecule has 0 bridgehead atoms. The van der Waals surface area contributed by atoms with Gasteiger partial charge in [0.25, 0.3) is 0 Å². The van der Waals surface area contributed by atoms with Gasteiger partial charge in [-0.15, -0.1) is 0 Å². The van der Waals surface area contributed by atoms with Crippen molar-refractivity contribution in [2.45, 2.75) is 116 Å². The highest BCUT2D eigenvalue weighted by Gasteiger charge is 2.41. The van der Waals surface area contributed by atoms with Crippen molar-refractivity contribution in [2.24, 2.45) is 7.05 Å². The summed E-state index contributed by atoms with van der Waals surface area (Å²) >= 11 is 0. The van der Waals surface area contributed by atoms with Crippen LogP contribution in [0.1, 0.15) is 98.1 Å². The number of imide groups is 1. The van der Waals surface area contributed by atoms with Crippen LogP contribution in [0.2, 0.25) is 0 Å². The van der Waals surface area contributed by atoms with Crippen LogP contribution in [0.4, 0.5) is 4.79 Å². The van der Waals surface area contributed by atoms with Crippen LogP contribution in [0.15, 0.2) is 23.0 Å². The molecule has 13 heteroatoms. The van der Waals surface area contributed by atoms with Crippen molar-refractivity contribution in [1.82, 2.24) is 24.3 Å². The number of carbonyl (C=O) groups is 5. The molecule has 2 aliphatic rings. The predicted molar refractivity (Wildman–Crippen MR) is 175 cm³/mol. The molecular weight excluding hydrogens is 606 g/mol. The summed E-state index contributed by atoms with van der Waals surface area (Å²) in [5.41, 5.74) is 0.707. The quantitative estimate of drug-likeness (QED) is 0.245. The average Bonchev–Trinajstić information content (AvgIpc) is 3.21. The molecule has 2 fully saturated rings. The Hall–Kier alpha value is -4.16. The van der Waals surface area contributed by atoms with E-state index in [2.05, 4.69) is 5.32 Å². The molecule has 47 heavy (non-hydrogen) atoms. The summed E-state index contributed by atoms with van der Waals surface area (Å²) in [6.07, 6.45) is 4.39. The lowest BCUT2D eigenvalue weighted by Crippen LogP contribution is -2.60. The summed E-state index contributed by atoms with van der Waals surface area (Å²) in [4.78, 5) is 79.1. The Morgan fingerprint density at radius 2 is 1.57 bits per heavy atom. The molecule has 4 rings (SSSR count). The van der Waals surface area contributed by atoms with Crippen molar-refractivity contribution in [3.05, 3.63) is 34.2 Å². The van der Waals surface area contributed by atoms with Crippen LogP contribution in [0.25, 0.3) is 11.0 Å². The number of imidazole rings is 1. The fourth-order valence-electron chi connectivity index (χ4n) is 6.03. The summed E-state index contributed by atoms with van der Waals surface area (Å²) in [6, 6.07) is 4.14. The molecule has 0 saturated carbocycles. The fourth-order valence-corrected chi connectivity index (χ4v) is 6.03. The second kappa shape index (κ2) is 14.3. The Balaban J connectivity index is 1.27. The van der Waals surface area contributed by atoms with Crippen LogP contribution in [-0.2, 0) is 42.1 Å². The monoisotopic (exact) mass is 655 g/mol. The molecule has 4 amide bonds. The Bertz CT molecular complexity index is 1580. The molecule has 0 spiro atoms. The summed E-state index contributed by atoms with van der Waals surface area (Å²) in [5, 5.41) is 2.33. The largest absolute Gasteiger partial charge is 0.458 e. The minimum atomic E-state index is -0.945. The number of unbranched alkanes of at least 4 members (excludes halogenated alkanes) is 3. The zero-order chi connectivity index (χ0) is 34.7. The van der Waals surface area contributed by atoms with Gasteiger partial charge < -0.3 is 14.4 Å². The number of carbonyl (C=O) groups excluding carboxylic acids is 5. The maximum atomic E-state index is 13.1. The third kappa shape index (κ3) is 9.01. The zero-order valence-electron chi connectivity index (χ0n) is 28.7. The van der Waals surface area contributed by atoms with E-state index in [-0.39, 0.29) is 37.0 Å². The fraction of sp³-hybridized carbons (Fsp3) is 0.647. The van der Waals surface area contributed by atoms with Gasteiger partial charge in [0.05, 0.1) is 17.6 Å². The number of nitrogens with zero attached hydrogens (tertiary/aromatic N) is 4. The minimum absolute atomic E-state index is 0.0588. The number of hydrogen-bond donors (Lipinski definition) is 1. The number of rotatable bonds is 9. The second-order valence-electron chi connectivity index (χ2n) is 14.5. The average molecular weight is 656 g/mol. The Labute approximate surface area is 275 Å². The maximum Gasteiger partial charge on any atom is 0.411 e. The molecule has 3 heterocycles. The number of aryl methyl sites for hydroxylation is 2. The van der Waals surface area contributed by atoms with Gasteiger partial charge in [-0.05, 0) is 84.9 Å². The molecule has 1 N–H and O–H groups in total. The maximum absolute atomic E-state index is 13.1. The number of nitrogens with one attached hydrogen (secondary N) is 1. The number of ether oxygens (including phenoxy) is 2. The third-order valence-corrected chi connectivity index (χ3v) is 8.32. The van der Waals surface area contributed by atoms with Crippen molar-refractivity contribution in [2.75, 3.05) is 19.6 Å². The second-order valence-corrected chi connectivity index (χ2v) is 14.5. The molecule has 0 radical (unpaired) electrons. The van der Waals surface area contributed by atoms with Gasteiger partial charge in [-0.1, -0.05) is 18.9 Å². The molecule has 2 aliphatic heterocycles. The smallest absolute Gasteiger partial charge is 0.411 e. The van der Waals surface area contributed by atoms with E-state index in [4.69, 9.17) is 9.47 Å². The lowest BCUT2D eigenvalue weighted by atomic mass is 10.0. The molecular formula is C34H49N5O8. The first-order chi connectivity index (χ1) is 21.9. The molecule has 2 atom stereocenters. The number of piperazine rings is 1. The summed E-state index contributed by atoms with van der Waals surface area (Å²) in [5.74, 6) is -1.40. The van der Waals surface area contributed by atoms with Gasteiger partial charge in [0.2, 0.25) is 17.7 Å². The highest BCUT2D eigenvalue weighted by molar-refractivity contribution is 6.00. The van der Waals surface area contributed by atoms with Crippen LogP contribution in [-0.4, -0.2) is 85.6 Å². The molecule has 258 valence electrons. The molecule has 1 aromatic heterocycles. The molecule has 2 saturated heterocycles. The standard InChI is InChI=1S/C34H49N5O8/c1-33(2,3)46-30(43)26-21-37(18-19-38(26)32(45)47-34(4,5)6)28(41)13-11-9-8-10-12-22-14-15-23-25(20-22)36(7)31(44)39(23)24-16-17-27(40)35-29(24)42/h14-15,20,24,26H,8-13,16-19,21H2,1-7H3,(H,35,40,42). The third-order valence-electron chi connectivity index (χ3n) is 8.32. The highest BCUT2D eigenvalue weighted by Crippen LogP contribution is 2.25. The van der Waals surface area contributed by atoms with E-state index < -0.39 is 41.3 Å². The van der Waals surface area contributed by atoms with Gasteiger partial charge in [-0.2, -0.15) is 0 Å². The van der Waals surface area contributed by atoms with Crippen LogP contribution in [0.5, 0.6) is 0 Å². The predicted octanol–water partition coefficient (Wildman–Crippen LogP) is 3.60. The Morgan fingerprint density at radius 3 is 2.23 bits per heavy atom. The Morgan fingerprint density at radius 1 is 0.894 bits per heavy atom. The normalized spacial score (nSPS) is 19.1. The van der Waals surface area contributed by atoms with Crippen molar-refractivity contribution in [3.8, 4) is 0 Å². The molecule has 1 aromatic carbocycles. The van der Waals surface area contributed by atoms with Gasteiger partial charge in [0.1, 0.15) is 17.2 Å². The van der Waals surface area contributed by atoms with Crippen LogP contribution in [0.3, 0.4) is 0 Å². The van der Waals surface area contributed by atoms with Crippen LogP contribution in [0, 0.1) is 0 Å². The molecule has 2 aromatic rings. The molecule has 0 aliphatic carbocycles. The number of amides is 4. The lowest BCUT2D eigenvalue weighted by molar-refractivity contribution is -0.164. The minimum Gasteiger partial charge on any atom is -0.458 e. The van der Waals surface area contributed by atoms with E-state index in [1.807, 2.05) is 18.2 Å². The molecule has 13 nitrogen and oxygen atoms in total. The lowest BCUT2D eigenvalue weighted by Gasteiger charge is -2.41. The van der Waals surface area contributed by atoms with E-state index in [1.165, 1.54) is 14.0 Å². The van der Waals surface area contributed by atoms with Gasteiger partial charge >= 0.3 is 17.8 Å². The van der Waals surface area contributed by atoms with Crippen molar-refractivity contribution in [1.29, 1.82) is 0 Å². The highest BCUT2D eigenvalue weighted by atomic mass is 16.6. The van der Waals surface area contributed by atoms with Gasteiger partial charge in [-0.25, -0.2) is 14.4 Å². The first-order valence-electron chi connectivity index (χ1n) is 16.5. The van der Waals surface area contributed by atoms with Gasteiger partial charge in [0.15, 0.2) is 6.04 Å². The van der Waals surface area contributed by atoms with Crippen molar-refractivity contribution in [3.63, 3.8) is 0 Å². The summed E-state index contributed by atoms with van der Waals surface area (Å²) < 4.78 is 14.1. The van der Waals surface area contributed by atoms with E-state index in [0.717, 1.165) is 36.8 Å². The van der Waals surface area contributed by atoms with Crippen molar-refractivity contribution < 1.29 is 33.4 Å². The van der Waals surface area contributed by atoms with E-state index in [1.54, 1.807) is 53.5 Å². The van der Waals surface area contributed by atoms with Gasteiger partial charge in [-0.3, -0.25) is 33.7 Å². The zero-order valence-corrected chi connectivity index (χ0v) is 28.7. The first kappa shape index (κ1) is 35.7. The van der Waals surface area contributed by atoms with E-state index in [0.29, 0.717) is 31.3 Å². The van der Waals surface area contributed by atoms with E-state index in [9.17, 15) is 28.8 Å². The number of benzene rings is 1. The number of hydrogen-bond acceptors (Lipinski definition) is 8. The van der Waals surface area contributed by atoms with E-state index >= 15 is 0 Å². The van der Waals surface area contributed by atoms with Gasteiger partial charge in [0, 0.05) is 33.0 Å². The topological polar surface area (TPSA) is 149 Å². The number of aromatic nitrogens is 2.